The van der Waals surface area contributed by atoms with Gasteiger partial charge < -0.3 is 9.47 Å². The summed E-state index contributed by atoms with van der Waals surface area (Å²) in [6.45, 7) is 3.44. The van der Waals surface area contributed by atoms with Gasteiger partial charge in [0, 0.05) is 12.5 Å². The summed E-state index contributed by atoms with van der Waals surface area (Å²) < 4.78 is 10.8. The Kier molecular flexibility index (Phi) is 4.76. The smallest absolute Gasteiger partial charge is 0.306 e. The molecule has 0 aromatic heterocycles. The molecular formula is C15H20O3. The van der Waals surface area contributed by atoms with Gasteiger partial charge in [0.2, 0.25) is 0 Å². The Morgan fingerprint density at radius 3 is 2.78 bits per heavy atom. The molecule has 98 valence electrons. The second-order valence-electron chi connectivity index (χ2n) is 4.89. The van der Waals surface area contributed by atoms with Crippen LogP contribution < -0.4 is 0 Å². The summed E-state index contributed by atoms with van der Waals surface area (Å²) in [5, 5.41) is 0. The van der Waals surface area contributed by atoms with Crippen LogP contribution in [-0.4, -0.2) is 18.7 Å². The van der Waals surface area contributed by atoms with Crippen LogP contribution in [0, 0.1) is 5.92 Å². The number of esters is 1. The zero-order valence-corrected chi connectivity index (χ0v) is 10.8. The van der Waals surface area contributed by atoms with Crippen LogP contribution in [0.15, 0.2) is 30.3 Å². The zero-order valence-electron chi connectivity index (χ0n) is 10.8. The summed E-state index contributed by atoms with van der Waals surface area (Å²) in [6, 6.07) is 10.1. The quantitative estimate of drug-likeness (QED) is 0.573. The van der Waals surface area contributed by atoms with Crippen molar-refractivity contribution in [1.29, 1.82) is 0 Å². The maximum Gasteiger partial charge on any atom is 0.306 e. The van der Waals surface area contributed by atoms with E-state index in [0.29, 0.717) is 18.9 Å². The van der Waals surface area contributed by atoms with Crippen molar-refractivity contribution in [2.24, 2.45) is 5.92 Å². The van der Waals surface area contributed by atoms with Crippen LogP contribution in [0.5, 0.6) is 0 Å². The Balaban J connectivity index is 1.58. The predicted octanol–water partition coefficient (Wildman–Crippen LogP) is 2.94. The highest BCUT2D eigenvalue weighted by molar-refractivity contribution is 5.71. The number of rotatable bonds is 6. The van der Waals surface area contributed by atoms with Gasteiger partial charge in [-0.3, -0.25) is 4.79 Å². The van der Waals surface area contributed by atoms with Crippen LogP contribution >= 0.6 is 0 Å². The minimum Gasteiger partial charge on any atom is -0.462 e. The van der Waals surface area contributed by atoms with Crippen LogP contribution in [0.4, 0.5) is 0 Å². The highest BCUT2D eigenvalue weighted by Crippen LogP contribution is 2.24. The van der Waals surface area contributed by atoms with E-state index in [1.165, 1.54) is 5.56 Å². The topological polar surface area (TPSA) is 35.5 Å². The second-order valence-corrected chi connectivity index (χ2v) is 4.89. The second kappa shape index (κ2) is 6.55. The Morgan fingerprint density at radius 1 is 1.33 bits per heavy atom. The zero-order chi connectivity index (χ0) is 12.8. The molecule has 0 spiro atoms. The summed E-state index contributed by atoms with van der Waals surface area (Å²) in [7, 11) is 0. The molecule has 0 N–H and O–H groups in total. The van der Waals surface area contributed by atoms with E-state index in [1.54, 1.807) is 0 Å². The molecule has 0 bridgehead atoms. The van der Waals surface area contributed by atoms with Crippen LogP contribution in [-0.2, 0) is 20.9 Å². The predicted molar refractivity (Wildman–Crippen MR) is 69.0 cm³/mol. The van der Waals surface area contributed by atoms with Crippen molar-refractivity contribution < 1.29 is 14.3 Å². The number of carbonyl (C=O) groups is 1. The third-order valence-corrected chi connectivity index (χ3v) is 3.30. The Labute approximate surface area is 108 Å². The molecular weight excluding hydrogens is 228 g/mol. The third-order valence-electron chi connectivity index (χ3n) is 3.30. The number of carbonyl (C=O) groups excluding carboxylic acids is 1. The molecule has 2 rings (SSSR count). The molecule has 0 aliphatic carbocycles. The van der Waals surface area contributed by atoms with E-state index in [-0.39, 0.29) is 12.1 Å². The molecule has 3 nitrogen and oxygen atoms in total. The number of hydrogen-bond acceptors (Lipinski definition) is 3. The van der Waals surface area contributed by atoms with Crippen molar-refractivity contribution in [3.63, 3.8) is 0 Å². The first-order valence-corrected chi connectivity index (χ1v) is 6.57. The fraction of sp³-hybridized carbons (Fsp3) is 0.533. The van der Waals surface area contributed by atoms with Gasteiger partial charge in [-0.15, -0.1) is 0 Å². The molecule has 0 amide bonds. The standard InChI is InChI=1S/C15H20O3/c1-12-10-15(16)18-14(12)8-5-9-17-11-13-6-3-2-4-7-13/h2-4,6-7,12,14H,5,8-11H2,1H3/t12-,14+/m0/s1. The van der Waals surface area contributed by atoms with E-state index in [1.807, 2.05) is 18.2 Å². The SMILES string of the molecule is C[C@H]1CC(=O)O[C@@H]1CCCOCc1ccccc1. The Bertz CT molecular complexity index is 375. The van der Waals surface area contributed by atoms with E-state index in [2.05, 4.69) is 19.1 Å². The van der Waals surface area contributed by atoms with Gasteiger partial charge in [-0.25, -0.2) is 0 Å². The Hall–Kier alpha value is -1.35. The van der Waals surface area contributed by atoms with Gasteiger partial charge in [-0.2, -0.15) is 0 Å². The lowest BCUT2D eigenvalue weighted by atomic mass is 10.0. The van der Waals surface area contributed by atoms with Crippen LogP contribution in [0.1, 0.15) is 31.7 Å². The van der Waals surface area contributed by atoms with Crippen LogP contribution in [0.2, 0.25) is 0 Å². The average molecular weight is 248 g/mol. The summed E-state index contributed by atoms with van der Waals surface area (Å²) in [4.78, 5) is 11.1. The molecule has 3 heteroatoms. The monoisotopic (exact) mass is 248 g/mol. The van der Waals surface area contributed by atoms with Gasteiger partial charge in [0.1, 0.15) is 6.10 Å². The van der Waals surface area contributed by atoms with Crippen molar-refractivity contribution in [2.45, 2.75) is 38.9 Å². The molecule has 2 atom stereocenters. The van der Waals surface area contributed by atoms with E-state index in [4.69, 9.17) is 9.47 Å². The lowest BCUT2D eigenvalue weighted by molar-refractivity contribution is -0.141. The van der Waals surface area contributed by atoms with E-state index >= 15 is 0 Å². The number of hydrogen-bond donors (Lipinski definition) is 0. The minimum absolute atomic E-state index is 0.0577. The van der Waals surface area contributed by atoms with Crippen LogP contribution in [0.3, 0.4) is 0 Å². The fourth-order valence-electron chi connectivity index (χ4n) is 2.22. The maximum absolute atomic E-state index is 11.1. The van der Waals surface area contributed by atoms with Crippen molar-refractivity contribution in [1.82, 2.24) is 0 Å². The summed E-state index contributed by atoms with van der Waals surface area (Å²) in [5.41, 5.74) is 1.19. The average Bonchev–Trinajstić information content (AvgIpc) is 2.69. The summed E-state index contributed by atoms with van der Waals surface area (Å²) in [5.74, 6) is 0.296. The van der Waals surface area contributed by atoms with Gasteiger partial charge in [0.05, 0.1) is 13.0 Å². The van der Waals surface area contributed by atoms with Gasteiger partial charge in [0.25, 0.3) is 0 Å². The molecule has 1 aromatic carbocycles. The summed E-state index contributed by atoms with van der Waals surface area (Å²) in [6.07, 6.45) is 2.50. The first-order valence-electron chi connectivity index (χ1n) is 6.57. The van der Waals surface area contributed by atoms with E-state index < -0.39 is 0 Å². The fourth-order valence-corrected chi connectivity index (χ4v) is 2.22. The largest absolute Gasteiger partial charge is 0.462 e. The lowest BCUT2D eigenvalue weighted by Crippen LogP contribution is -2.14. The van der Waals surface area contributed by atoms with Crippen molar-refractivity contribution in [3.8, 4) is 0 Å². The molecule has 0 radical (unpaired) electrons. The van der Waals surface area contributed by atoms with Crippen molar-refractivity contribution >= 4 is 5.97 Å². The van der Waals surface area contributed by atoms with E-state index in [9.17, 15) is 4.79 Å². The summed E-state index contributed by atoms with van der Waals surface area (Å²) >= 11 is 0. The lowest BCUT2D eigenvalue weighted by Gasteiger charge is -2.13. The molecule has 1 aromatic rings. The van der Waals surface area contributed by atoms with E-state index in [0.717, 1.165) is 19.4 Å². The molecule has 1 aliphatic rings. The van der Waals surface area contributed by atoms with Crippen molar-refractivity contribution in [2.75, 3.05) is 6.61 Å². The molecule has 0 saturated carbocycles. The van der Waals surface area contributed by atoms with Gasteiger partial charge >= 0.3 is 5.97 Å². The van der Waals surface area contributed by atoms with Gasteiger partial charge in [0.15, 0.2) is 0 Å². The number of cyclic esters (lactones) is 1. The number of benzene rings is 1. The highest BCUT2D eigenvalue weighted by atomic mass is 16.5. The van der Waals surface area contributed by atoms with Crippen LogP contribution in [0.25, 0.3) is 0 Å². The highest BCUT2D eigenvalue weighted by Gasteiger charge is 2.30. The first-order chi connectivity index (χ1) is 8.75. The molecule has 18 heavy (non-hydrogen) atoms. The van der Waals surface area contributed by atoms with Gasteiger partial charge in [-0.1, -0.05) is 37.3 Å². The minimum atomic E-state index is -0.0577. The molecule has 1 fully saturated rings. The molecule has 0 unspecified atom stereocenters. The first kappa shape index (κ1) is 13.1. The molecule has 1 saturated heterocycles. The maximum atomic E-state index is 11.1. The van der Waals surface area contributed by atoms with Gasteiger partial charge in [-0.05, 0) is 18.4 Å². The molecule has 1 heterocycles. The Morgan fingerprint density at radius 2 is 2.11 bits per heavy atom. The third kappa shape index (κ3) is 3.84. The van der Waals surface area contributed by atoms with Crippen molar-refractivity contribution in [3.05, 3.63) is 35.9 Å². The molecule has 1 aliphatic heterocycles. The number of ether oxygens (including phenoxy) is 2. The normalized spacial score (nSPS) is 23.1.